The maximum absolute atomic E-state index is 10.3. The molecule has 0 aliphatic heterocycles. The van der Waals surface area contributed by atoms with Crippen molar-refractivity contribution in [2.75, 3.05) is 49.3 Å². The van der Waals surface area contributed by atoms with Crippen molar-refractivity contribution in [1.82, 2.24) is 0 Å². The van der Waals surface area contributed by atoms with Gasteiger partial charge < -0.3 is 20.4 Å². The van der Waals surface area contributed by atoms with E-state index in [-0.39, 0.29) is 0 Å². The van der Waals surface area contributed by atoms with Crippen molar-refractivity contribution >= 4 is 32.4 Å². The van der Waals surface area contributed by atoms with E-state index in [1.54, 1.807) is 0 Å². The molecule has 0 aromatic carbocycles. The summed E-state index contributed by atoms with van der Waals surface area (Å²) in [6, 6.07) is 0. The van der Waals surface area contributed by atoms with Crippen molar-refractivity contribution in [3.05, 3.63) is 0 Å². The molecule has 0 rings (SSSR count). The SMILES string of the molecule is CC[PH](CC)(CC)CC.CC[PH](CC)(CC)CC.O=C(O)CC(O)(CC(=O)O)C(=O)O. The Bertz CT molecular complexity index is 445. The molecule has 4 N–H and O–H groups in total. The van der Waals surface area contributed by atoms with Crippen LogP contribution in [0.4, 0.5) is 0 Å². The summed E-state index contributed by atoms with van der Waals surface area (Å²) in [5.41, 5.74) is -2.74. The third kappa shape index (κ3) is 14.1. The summed E-state index contributed by atoms with van der Waals surface area (Å²) >= 11 is 0. The third-order valence-corrected chi connectivity index (χ3v) is 19.3. The second-order valence-corrected chi connectivity index (χ2v) is 20.0. The van der Waals surface area contributed by atoms with Crippen molar-refractivity contribution in [1.29, 1.82) is 0 Å². The van der Waals surface area contributed by atoms with Gasteiger partial charge in [0.2, 0.25) is 0 Å². The van der Waals surface area contributed by atoms with Gasteiger partial charge in [-0.15, -0.1) is 0 Å². The Morgan fingerprint density at radius 3 is 0.806 bits per heavy atom. The Hall–Kier alpha value is -0.770. The molecule has 9 heteroatoms. The zero-order chi connectivity index (χ0) is 25.3. The molecule has 0 unspecified atom stereocenters. The van der Waals surface area contributed by atoms with E-state index in [0.717, 1.165) is 0 Å². The largest absolute Gasteiger partial charge is 0.481 e. The van der Waals surface area contributed by atoms with Crippen LogP contribution in [-0.4, -0.2) is 93.2 Å². The number of hydrogen-bond acceptors (Lipinski definition) is 4. The van der Waals surface area contributed by atoms with Crippen LogP contribution in [0, 0.1) is 0 Å². The molecule has 0 aliphatic rings. The van der Waals surface area contributed by atoms with Gasteiger partial charge in [-0.3, -0.25) is 9.59 Å². The molecule has 7 nitrogen and oxygen atoms in total. The van der Waals surface area contributed by atoms with E-state index in [1.807, 2.05) is 0 Å². The van der Waals surface area contributed by atoms with Crippen molar-refractivity contribution < 1.29 is 34.8 Å². The minimum Gasteiger partial charge on any atom is -0.481 e. The number of rotatable bonds is 13. The first kappa shape index (κ1) is 34.8. The van der Waals surface area contributed by atoms with Crippen LogP contribution in [0.3, 0.4) is 0 Å². The van der Waals surface area contributed by atoms with Gasteiger partial charge in [0.05, 0.1) is 12.8 Å². The van der Waals surface area contributed by atoms with E-state index in [1.165, 1.54) is 49.3 Å². The molecule has 0 saturated carbocycles. The molecule has 190 valence electrons. The van der Waals surface area contributed by atoms with E-state index in [4.69, 9.17) is 20.4 Å². The summed E-state index contributed by atoms with van der Waals surface area (Å²) in [6.07, 6.45) is 9.57. The maximum atomic E-state index is 10.3. The number of carboxylic acid groups (broad SMARTS) is 3. The van der Waals surface area contributed by atoms with Gasteiger partial charge in [-0.2, -0.15) is 0 Å². The molecule has 0 amide bonds. The number of carboxylic acids is 3. The van der Waals surface area contributed by atoms with Crippen molar-refractivity contribution in [2.24, 2.45) is 0 Å². The van der Waals surface area contributed by atoms with Crippen LogP contribution in [-0.2, 0) is 14.4 Å². The predicted octanol–water partition coefficient (Wildman–Crippen LogP) is 4.38. The Morgan fingerprint density at radius 2 is 0.742 bits per heavy atom. The number of aliphatic carboxylic acids is 3. The summed E-state index contributed by atoms with van der Waals surface area (Å²) in [5, 5.41) is 33.8. The van der Waals surface area contributed by atoms with Gasteiger partial charge in [0.25, 0.3) is 0 Å². The molecule has 0 aliphatic carbocycles. The van der Waals surface area contributed by atoms with E-state index < -0.39 is 50.9 Å². The first-order valence-electron chi connectivity index (χ1n) is 11.7. The fourth-order valence-corrected chi connectivity index (χ4v) is 9.71. The molecule has 0 fully saturated rings. The summed E-state index contributed by atoms with van der Waals surface area (Å²) in [6.45, 7) is 18.9. The molecule has 0 heterocycles. The molecule has 0 saturated heterocycles. The molecular weight excluding hydrogens is 438 g/mol. The van der Waals surface area contributed by atoms with Gasteiger partial charge in [-0.05, 0) is 0 Å². The first-order chi connectivity index (χ1) is 14.3. The average Bonchev–Trinajstić information content (AvgIpc) is 2.72. The number of aliphatic hydroxyl groups is 1. The van der Waals surface area contributed by atoms with E-state index in [2.05, 4.69) is 55.4 Å². The topological polar surface area (TPSA) is 132 Å². The second-order valence-electron chi connectivity index (χ2n) is 8.31. The Kier molecular flexibility index (Phi) is 19.9. The van der Waals surface area contributed by atoms with Crippen molar-refractivity contribution in [3.63, 3.8) is 0 Å². The minimum atomic E-state index is -2.74. The summed E-state index contributed by atoms with van der Waals surface area (Å²) in [4.78, 5) is 30.5. The average molecular weight is 489 g/mol. The maximum Gasteiger partial charge on any atom is 0.336 e. The van der Waals surface area contributed by atoms with Crippen LogP contribution >= 0.6 is 14.5 Å². The second kappa shape index (κ2) is 17.7. The minimum absolute atomic E-state index is 0.691. The number of hydrogen-bond donors (Lipinski definition) is 4. The van der Waals surface area contributed by atoms with Gasteiger partial charge in [-0.1, -0.05) is 0 Å². The molecular formula is C22H50O7P2. The summed E-state index contributed by atoms with van der Waals surface area (Å²) < 4.78 is 0. The fourth-order valence-electron chi connectivity index (χ4n) is 3.71. The van der Waals surface area contributed by atoms with Gasteiger partial charge in [0.1, 0.15) is 0 Å². The summed E-state index contributed by atoms with van der Waals surface area (Å²) in [5.74, 6) is -5.02. The van der Waals surface area contributed by atoms with Gasteiger partial charge >= 0.3 is 137 Å². The van der Waals surface area contributed by atoms with Crippen LogP contribution in [0.25, 0.3) is 0 Å². The van der Waals surface area contributed by atoms with Crippen LogP contribution in [0.5, 0.6) is 0 Å². The van der Waals surface area contributed by atoms with Crippen LogP contribution in [0.1, 0.15) is 68.2 Å². The van der Waals surface area contributed by atoms with Crippen molar-refractivity contribution in [3.8, 4) is 0 Å². The van der Waals surface area contributed by atoms with Gasteiger partial charge in [0, 0.05) is 0 Å². The Balaban J connectivity index is -0.000000390. The molecule has 31 heavy (non-hydrogen) atoms. The van der Waals surface area contributed by atoms with E-state index in [9.17, 15) is 14.4 Å². The fraction of sp³-hybridized carbons (Fsp3) is 0.864. The predicted molar refractivity (Wildman–Crippen MR) is 138 cm³/mol. The van der Waals surface area contributed by atoms with Crippen LogP contribution < -0.4 is 0 Å². The summed E-state index contributed by atoms with van der Waals surface area (Å²) in [7, 11) is -1.38. The van der Waals surface area contributed by atoms with E-state index >= 15 is 0 Å². The quantitative estimate of drug-likeness (QED) is 0.283. The molecule has 0 spiro atoms. The third-order valence-electron chi connectivity index (χ3n) is 7.29. The number of carbonyl (C=O) groups is 3. The standard InChI is InChI=1S/2C8H21P.C6H8O7/c2*1-5-9(6-2,7-3)8-4;7-3(8)1-6(13,5(11)12)2-4(9)10/h2*9H,5-8H2,1-4H3;13H,1-2H2,(H,7,8)(H,9,10)(H,11,12). The molecule has 0 aromatic heterocycles. The van der Waals surface area contributed by atoms with Crippen LogP contribution in [0.15, 0.2) is 0 Å². The molecule has 0 aromatic rings. The monoisotopic (exact) mass is 488 g/mol. The van der Waals surface area contributed by atoms with Gasteiger partial charge in [0.15, 0.2) is 5.60 Å². The zero-order valence-electron chi connectivity index (χ0n) is 21.1. The Labute approximate surface area is 190 Å². The van der Waals surface area contributed by atoms with Crippen LogP contribution in [0.2, 0.25) is 0 Å². The Morgan fingerprint density at radius 1 is 0.548 bits per heavy atom. The molecule has 0 bridgehead atoms. The van der Waals surface area contributed by atoms with E-state index in [0.29, 0.717) is 0 Å². The zero-order valence-corrected chi connectivity index (χ0v) is 23.1. The first-order valence-corrected chi connectivity index (χ1v) is 17.3. The molecule has 0 atom stereocenters. The van der Waals surface area contributed by atoms with Crippen molar-refractivity contribution in [2.45, 2.75) is 73.8 Å². The normalized spacial score (nSPS) is 12.5. The smallest absolute Gasteiger partial charge is 0.336 e. The molecule has 0 radical (unpaired) electrons. The van der Waals surface area contributed by atoms with Gasteiger partial charge in [-0.25, -0.2) is 4.79 Å².